The van der Waals surface area contributed by atoms with Gasteiger partial charge < -0.3 is 10.1 Å². The van der Waals surface area contributed by atoms with Gasteiger partial charge in [0.1, 0.15) is 5.75 Å². The van der Waals surface area contributed by atoms with Gasteiger partial charge in [0.25, 0.3) is 0 Å². The maximum atomic E-state index is 12.1. The molecule has 0 saturated heterocycles. The molecule has 0 saturated carbocycles. The normalized spacial score (nSPS) is 11.0. The minimum absolute atomic E-state index is 0.0127. The average molecular weight is 341 g/mol. The first kappa shape index (κ1) is 17.0. The highest BCUT2D eigenvalue weighted by atomic mass is 16.5. The third-order valence-corrected chi connectivity index (χ3v) is 4.15. The molecule has 7 heteroatoms. The van der Waals surface area contributed by atoms with Gasteiger partial charge in [0.05, 0.1) is 37.6 Å². The molecule has 0 aliphatic rings. The molecule has 1 N–H and O–H groups in total. The highest BCUT2D eigenvalue weighted by molar-refractivity contribution is 5.80. The van der Waals surface area contributed by atoms with E-state index in [1.54, 1.807) is 13.3 Å². The van der Waals surface area contributed by atoms with Crippen LogP contribution in [0.3, 0.4) is 0 Å². The molecule has 7 nitrogen and oxygen atoms in total. The maximum Gasteiger partial charge on any atom is 0.221 e. The van der Waals surface area contributed by atoms with Crippen LogP contribution in [0.5, 0.6) is 5.75 Å². The smallest absolute Gasteiger partial charge is 0.221 e. The lowest BCUT2D eigenvalue weighted by Gasteiger charge is -2.08. The number of aryl methyl sites for hydroxylation is 3. The standard InChI is InChI=1S/C18H23N5O2/c1-13-10-14(2)22(21-13)9-7-19-18(24)6-8-23-17-5-4-16(25-3)11-15(17)12-20-23/h4-5,10-12H,6-9H2,1-3H3,(H,19,24). The zero-order valence-corrected chi connectivity index (χ0v) is 14.8. The van der Waals surface area contributed by atoms with Crippen molar-refractivity contribution in [1.29, 1.82) is 0 Å². The number of ether oxygens (including phenoxy) is 1. The Bertz CT molecular complexity index is 881. The molecule has 1 amide bonds. The fraction of sp³-hybridized carbons (Fsp3) is 0.389. The van der Waals surface area contributed by atoms with Gasteiger partial charge in [0, 0.05) is 24.0 Å². The summed E-state index contributed by atoms with van der Waals surface area (Å²) in [5, 5.41) is 12.7. The van der Waals surface area contributed by atoms with E-state index in [0.29, 0.717) is 26.1 Å². The zero-order valence-electron chi connectivity index (χ0n) is 14.8. The second-order valence-corrected chi connectivity index (χ2v) is 6.04. The Kier molecular flexibility index (Phi) is 5.02. The van der Waals surface area contributed by atoms with Gasteiger partial charge in [-0.25, -0.2) is 0 Å². The predicted molar refractivity (Wildman–Crippen MR) is 95.6 cm³/mol. The van der Waals surface area contributed by atoms with Gasteiger partial charge in [0.2, 0.25) is 5.91 Å². The molecule has 3 rings (SSSR count). The molecule has 0 atom stereocenters. The second-order valence-electron chi connectivity index (χ2n) is 6.04. The fourth-order valence-electron chi connectivity index (χ4n) is 2.87. The summed E-state index contributed by atoms with van der Waals surface area (Å²) >= 11 is 0. The van der Waals surface area contributed by atoms with Crippen molar-refractivity contribution in [3.05, 3.63) is 41.9 Å². The molecule has 132 valence electrons. The molecule has 0 aliphatic heterocycles. The number of nitrogens with zero attached hydrogens (tertiary/aromatic N) is 4. The van der Waals surface area contributed by atoms with Crippen molar-refractivity contribution in [3.8, 4) is 5.75 Å². The number of hydrogen-bond donors (Lipinski definition) is 1. The largest absolute Gasteiger partial charge is 0.497 e. The fourth-order valence-corrected chi connectivity index (χ4v) is 2.87. The molecule has 1 aromatic carbocycles. The van der Waals surface area contributed by atoms with E-state index in [0.717, 1.165) is 28.0 Å². The van der Waals surface area contributed by atoms with E-state index in [-0.39, 0.29) is 5.91 Å². The van der Waals surface area contributed by atoms with Crippen molar-refractivity contribution >= 4 is 16.8 Å². The lowest BCUT2D eigenvalue weighted by molar-refractivity contribution is -0.121. The van der Waals surface area contributed by atoms with Gasteiger partial charge in [-0.15, -0.1) is 0 Å². The zero-order chi connectivity index (χ0) is 17.8. The predicted octanol–water partition coefficient (Wildman–Crippen LogP) is 2.06. The number of nitrogens with one attached hydrogen (secondary N) is 1. The monoisotopic (exact) mass is 341 g/mol. The van der Waals surface area contributed by atoms with Gasteiger partial charge in [0.15, 0.2) is 0 Å². The molecular weight excluding hydrogens is 318 g/mol. The average Bonchev–Trinajstić information content (AvgIpc) is 3.15. The van der Waals surface area contributed by atoms with Gasteiger partial charge in [-0.3, -0.25) is 14.2 Å². The van der Waals surface area contributed by atoms with E-state index in [2.05, 4.69) is 15.5 Å². The number of rotatable bonds is 7. The maximum absolute atomic E-state index is 12.1. The molecule has 2 aromatic heterocycles. The highest BCUT2D eigenvalue weighted by Gasteiger charge is 2.07. The van der Waals surface area contributed by atoms with E-state index in [4.69, 9.17) is 4.74 Å². The summed E-state index contributed by atoms with van der Waals surface area (Å²) in [6, 6.07) is 7.82. The van der Waals surface area contributed by atoms with Crippen molar-refractivity contribution in [2.75, 3.05) is 13.7 Å². The van der Waals surface area contributed by atoms with E-state index in [9.17, 15) is 4.79 Å². The number of fused-ring (bicyclic) bond motifs is 1. The van der Waals surface area contributed by atoms with E-state index >= 15 is 0 Å². The number of amides is 1. The number of carbonyl (C=O) groups is 1. The minimum atomic E-state index is 0.0127. The number of methoxy groups -OCH3 is 1. The Labute approximate surface area is 146 Å². The summed E-state index contributed by atoms with van der Waals surface area (Å²) in [5.74, 6) is 0.813. The van der Waals surface area contributed by atoms with E-state index < -0.39 is 0 Å². The number of aromatic nitrogens is 4. The lowest BCUT2D eigenvalue weighted by Crippen LogP contribution is -2.28. The SMILES string of the molecule is COc1ccc2c(cnn2CCC(=O)NCCn2nc(C)cc2C)c1. The van der Waals surface area contributed by atoms with Crippen molar-refractivity contribution < 1.29 is 9.53 Å². The van der Waals surface area contributed by atoms with Crippen molar-refractivity contribution in [2.24, 2.45) is 0 Å². The quantitative estimate of drug-likeness (QED) is 0.714. The van der Waals surface area contributed by atoms with E-state index in [1.807, 2.05) is 47.5 Å². The summed E-state index contributed by atoms with van der Waals surface area (Å²) in [6.07, 6.45) is 2.18. The Hall–Kier alpha value is -2.83. The number of hydrogen-bond acceptors (Lipinski definition) is 4. The molecule has 0 unspecified atom stereocenters. The Morgan fingerprint density at radius 2 is 2.04 bits per heavy atom. The van der Waals surface area contributed by atoms with Crippen molar-refractivity contribution in [1.82, 2.24) is 24.9 Å². The van der Waals surface area contributed by atoms with Crippen LogP contribution in [-0.4, -0.2) is 39.1 Å². The third kappa shape index (κ3) is 3.99. The molecule has 0 spiro atoms. The minimum Gasteiger partial charge on any atom is -0.497 e. The van der Waals surface area contributed by atoms with Crippen LogP contribution in [0.15, 0.2) is 30.5 Å². The van der Waals surface area contributed by atoms with Crippen LogP contribution in [0.25, 0.3) is 10.9 Å². The molecule has 0 radical (unpaired) electrons. The van der Waals surface area contributed by atoms with Crippen LogP contribution >= 0.6 is 0 Å². The number of carbonyl (C=O) groups excluding carboxylic acids is 1. The van der Waals surface area contributed by atoms with Gasteiger partial charge in [-0.05, 0) is 38.1 Å². The molecule has 0 bridgehead atoms. The van der Waals surface area contributed by atoms with E-state index in [1.165, 1.54) is 0 Å². The summed E-state index contributed by atoms with van der Waals surface area (Å²) in [4.78, 5) is 12.1. The van der Waals surface area contributed by atoms with Gasteiger partial charge in [-0.2, -0.15) is 10.2 Å². The Morgan fingerprint density at radius 3 is 2.76 bits per heavy atom. The molecule has 2 heterocycles. The number of benzene rings is 1. The first-order chi connectivity index (χ1) is 12.1. The first-order valence-corrected chi connectivity index (χ1v) is 8.34. The lowest BCUT2D eigenvalue weighted by atomic mass is 10.2. The van der Waals surface area contributed by atoms with Crippen LogP contribution in [0.1, 0.15) is 17.8 Å². The van der Waals surface area contributed by atoms with Gasteiger partial charge in [-0.1, -0.05) is 0 Å². The Morgan fingerprint density at radius 1 is 1.20 bits per heavy atom. The summed E-state index contributed by atoms with van der Waals surface area (Å²) in [5.41, 5.74) is 3.09. The second kappa shape index (κ2) is 7.38. The Balaban J connectivity index is 1.50. The van der Waals surface area contributed by atoms with Crippen LogP contribution in [-0.2, 0) is 17.9 Å². The van der Waals surface area contributed by atoms with Crippen LogP contribution in [0.4, 0.5) is 0 Å². The first-order valence-electron chi connectivity index (χ1n) is 8.34. The summed E-state index contributed by atoms with van der Waals surface area (Å²) in [7, 11) is 1.64. The molecule has 0 aliphatic carbocycles. The summed E-state index contributed by atoms with van der Waals surface area (Å²) in [6.45, 7) is 5.76. The van der Waals surface area contributed by atoms with Crippen LogP contribution in [0, 0.1) is 13.8 Å². The van der Waals surface area contributed by atoms with Crippen LogP contribution in [0.2, 0.25) is 0 Å². The molecular formula is C18H23N5O2. The van der Waals surface area contributed by atoms with Crippen molar-refractivity contribution in [2.45, 2.75) is 33.4 Å². The topological polar surface area (TPSA) is 74.0 Å². The molecule has 25 heavy (non-hydrogen) atoms. The molecule has 3 aromatic rings. The van der Waals surface area contributed by atoms with Crippen molar-refractivity contribution in [3.63, 3.8) is 0 Å². The summed E-state index contributed by atoms with van der Waals surface area (Å²) < 4.78 is 8.96. The van der Waals surface area contributed by atoms with Gasteiger partial charge >= 0.3 is 0 Å². The van der Waals surface area contributed by atoms with Crippen LogP contribution < -0.4 is 10.1 Å². The molecule has 0 fully saturated rings. The third-order valence-electron chi connectivity index (χ3n) is 4.15. The highest BCUT2D eigenvalue weighted by Crippen LogP contribution is 2.20.